The Morgan fingerprint density at radius 1 is 0.900 bits per heavy atom. The van der Waals surface area contributed by atoms with Crippen molar-refractivity contribution in [3.05, 3.63) is 0 Å². The van der Waals surface area contributed by atoms with E-state index in [4.69, 9.17) is 0 Å². The van der Waals surface area contributed by atoms with Crippen molar-refractivity contribution >= 4 is 21.1 Å². The van der Waals surface area contributed by atoms with Gasteiger partial charge in [-0.15, -0.1) is 0 Å². The summed E-state index contributed by atoms with van der Waals surface area (Å²) in [6.07, 6.45) is 0. The molecule has 0 heterocycles. The van der Waals surface area contributed by atoms with Crippen LogP contribution in [-0.4, -0.2) is 21.1 Å². The molecule has 0 atom stereocenters. The van der Waals surface area contributed by atoms with Crippen LogP contribution in [0.4, 0.5) is 0 Å². The zero-order valence-corrected chi connectivity index (χ0v) is 10.3. The molecular weight excluding hydrogens is 231 g/mol. The van der Waals surface area contributed by atoms with Crippen LogP contribution in [0.25, 0.3) is 0 Å². The van der Waals surface area contributed by atoms with Crippen molar-refractivity contribution in [1.29, 1.82) is 0 Å². The SMILES string of the molecule is CC(C)[CH2][Sn+2][CH2]C(C)C.[O-2]. The monoisotopic (exact) mass is 250 g/mol. The fourth-order valence-corrected chi connectivity index (χ4v) is 4.43. The summed E-state index contributed by atoms with van der Waals surface area (Å²) < 4.78 is 3.14. The van der Waals surface area contributed by atoms with Crippen LogP contribution in [0.2, 0.25) is 8.87 Å². The van der Waals surface area contributed by atoms with Crippen molar-refractivity contribution < 1.29 is 5.48 Å². The molecule has 0 aromatic carbocycles. The van der Waals surface area contributed by atoms with Crippen LogP contribution in [0.3, 0.4) is 0 Å². The third-order valence-electron chi connectivity index (χ3n) is 1.11. The average Bonchev–Trinajstić information content (AvgIpc) is 1.63. The Bertz CT molecular complexity index is 54.3. The Morgan fingerprint density at radius 2 is 1.20 bits per heavy atom. The minimum Gasteiger partial charge on any atom is -2.00 e. The molecule has 10 heavy (non-hydrogen) atoms. The minimum atomic E-state index is 0. The molecule has 0 spiro atoms. The first-order chi connectivity index (χ1) is 4.13. The van der Waals surface area contributed by atoms with Crippen molar-refractivity contribution in [3.63, 3.8) is 0 Å². The van der Waals surface area contributed by atoms with E-state index in [1.165, 1.54) is 0 Å². The first-order valence-corrected chi connectivity index (χ1v) is 7.87. The van der Waals surface area contributed by atoms with Gasteiger partial charge in [0.15, 0.2) is 0 Å². The van der Waals surface area contributed by atoms with Gasteiger partial charge in [0, 0.05) is 0 Å². The molecule has 2 heteroatoms. The van der Waals surface area contributed by atoms with Crippen molar-refractivity contribution in [2.45, 2.75) is 36.6 Å². The van der Waals surface area contributed by atoms with E-state index in [0.717, 1.165) is 11.8 Å². The molecule has 0 amide bonds. The van der Waals surface area contributed by atoms with Gasteiger partial charge in [0.2, 0.25) is 0 Å². The third kappa shape index (κ3) is 11.5. The van der Waals surface area contributed by atoms with E-state index >= 15 is 0 Å². The minimum absolute atomic E-state index is 0. The average molecular weight is 249 g/mol. The fraction of sp³-hybridized carbons (Fsp3) is 1.00. The van der Waals surface area contributed by atoms with Crippen molar-refractivity contribution in [2.24, 2.45) is 11.8 Å². The first-order valence-electron chi connectivity index (χ1n) is 3.83. The van der Waals surface area contributed by atoms with Crippen LogP contribution in [0.1, 0.15) is 27.7 Å². The Balaban J connectivity index is 0. The molecule has 0 aliphatic heterocycles. The van der Waals surface area contributed by atoms with Gasteiger partial charge in [0.1, 0.15) is 0 Å². The molecule has 0 aromatic heterocycles. The van der Waals surface area contributed by atoms with Crippen LogP contribution >= 0.6 is 0 Å². The van der Waals surface area contributed by atoms with Gasteiger partial charge in [-0.05, 0) is 0 Å². The summed E-state index contributed by atoms with van der Waals surface area (Å²) in [6.45, 7) is 9.34. The van der Waals surface area contributed by atoms with Gasteiger partial charge in [0.25, 0.3) is 0 Å². The zero-order chi connectivity index (χ0) is 7.28. The fourth-order valence-electron chi connectivity index (χ4n) is 0.661. The number of rotatable bonds is 4. The number of hydrogen-bond acceptors (Lipinski definition) is 0. The predicted molar refractivity (Wildman–Crippen MR) is 45.7 cm³/mol. The Morgan fingerprint density at radius 3 is 1.40 bits per heavy atom. The molecular formula is C8H18OSn. The second kappa shape index (κ2) is 7.86. The maximum Gasteiger partial charge on any atom is -2.00 e. The molecule has 0 unspecified atom stereocenters. The van der Waals surface area contributed by atoms with Gasteiger partial charge >= 0.3 is 69.5 Å². The van der Waals surface area contributed by atoms with Crippen LogP contribution in [-0.2, 0) is 5.48 Å². The molecule has 0 saturated heterocycles. The molecule has 0 aliphatic rings. The topological polar surface area (TPSA) is 28.5 Å². The predicted octanol–water partition coefficient (Wildman–Crippen LogP) is 2.72. The van der Waals surface area contributed by atoms with Crippen molar-refractivity contribution in [3.8, 4) is 0 Å². The summed E-state index contributed by atoms with van der Waals surface area (Å²) >= 11 is 0.0709. The molecule has 0 aromatic rings. The van der Waals surface area contributed by atoms with Crippen LogP contribution in [0.15, 0.2) is 0 Å². The van der Waals surface area contributed by atoms with Gasteiger partial charge < -0.3 is 5.48 Å². The zero-order valence-electron chi connectivity index (χ0n) is 7.48. The molecule has 0 N–H and O–H groups in total. The normalized spacial score (nSPS) is 9.40. The molecule has 0 rings (SSSR count). The second-order valence-corrected chi connectivity index (χ2v) is 7.20. The maximum absolute atomic E-state index is 2.33. The molecule has 0 radical (unpaired) electrons. The molecule has 0 fully saturated rings. The summed E-state index contributed by atoms with van der Waals surface area (Å²) in [5.41, 5.74) is 0. The van der Waals surface area contributed by atoms with Gasteiger partial charge in [-0.2, -0.15) is 0 Å². The maximum atomic E-state index is 2.33. The van der Waals surface area contributed by atoms with E-state index in [2.05, 4.69) is 27.7 Å². The van der Waals surface area contributed by atoms with E-state index in [-0.39, 0.29) is 26.6 Å². The summed E-state index contributed by atoms with van der Waals surface area (Å²) in [5, 5.41) is 0. The summed E-state index contributed by atoms with van der Waals surface area (Å²) in [7, 11) is 0. The van der Waals surface area contributed by atoms with Crippen LogP contribution in [0.5, 0.6) is 0 Å². The Hall–Kier alpha value is 0.759. The third-order valence-corrected chi connectivity index (χ3v) is 7.41. The summed E-state index contributed by atoms with van der Waals surface area (Å²) in [5.74, 6) is 1.94. The van der Waals surface area contributed by atoms with Crippen LogP contribution < -0.4 is 0 Å². The van der Waals surface area contributed by atoms with Crippen LogP contribution in [0, 0.1) is 11.8 Å². The molecule has 0 bridgehead atoms. The van der Waals surface area contributed by atoms with Gasteiger partial charge in [-0.3, -0.25) is 0 Å². The van der Waals surface area contributed by atoms with Gasteiger partial charge in [0.05, 0.1) is 0 Å². The van der Waals surface area contributed by atoms with Crippen molar-refractivity contribution in [1.82, 2.24) is 0 Å². The second-order valence-electron chi connectivity index (χ2n) is 3.45. The summed E-state index contributed by atoms with van der Waals surface area (Å²) in [4.78, 5) is 0. The van der Waals surface area contributed by atoms with E-state index in [0.29, 0.717) is 0 Å². The number of hydrogen-bond donors (Lipinski definition) is 0. The smallest absolute Gasteiger partial charge is 2.00 e. The quantitative estimate of drug-likeness (QED) is 0.685. The van der Waals surface area contributed by atoms with E-state index in [9.17, 15) is 0 Å². The van der Waals surface area contributed by atoms with E-state index in [1.54, 1.807) is 8.87 Å². The largest absolute Gasteiger partial charge is 2.00 e. The summed E-state index contributed by atoms with van der Waals surface area (Å²) in [6, 6.07) is 0. The first kappa shape index (κ1) is 13.4. The van der Waals surface area contributed by atoms with Crippen molar-refractivity contribution in [2.75, 3.05) is 0 Å². The molecule has 1 nitrogen and oxygen atoms in total. The molecule has 0 saturated carbocycles. The van der Waals surface area contributed by atoms with Gasteiger partial charge in [-0.25, -0.2) is 0 Å². The standard InChI is InChI=1S/2C4H9.O.Sn/c2*1-4(2)3;;/h2*4H,1H2,2-3H3;;/q;;-2;+2. The Labute approximate surface area is 75.1 Å². The van der Waals surface area contributed by atoms with E-state index < -0.39 is 0 Å². The van der Waals surface area contributed by atoms with Gasteiger partial charge in [-0.1, -0.05) is 0 Å². The molecule has 60 valence electrons. The Kier molecular flexibility index (Phi) is 10.5. The molecule has 0 aliphatic carbocycles. The van der Waals surface area contributed by atoms with E-state index in [1.807, 2.05) is 0 Å².